The topological polar surface area (TPSA) is 101 Å². The average molecular weight is 551 g/mol. The average Bonchev–Trinajstić information content (AvgIpc) is 3.20. The Morgan fingerprint density at radius 2 is 1.70 bits per heavy atom. The molecule has 2 aliphatic heterocycles. The Morgan fingerprint density at radius 1 is 0.975 bits per heavy atom. The highest BCUT2D eigenvalue weighted by Gasteiger charge is 2.38. The van der Waals surface area contributed by atoms with Crippen molar-refractivity contribution in [1.82, 2.24) is 20.0 Å². The molecule has 0 bridgehead atoms. The van der Waals surface area contributed by atoms with Crippen molar-refractivity contribution in [3.05, 3.63) is 70.4 Å². The molecule has 2 heterocycles. The van der Waals surface area contributed by atoms with Crippen LogP contribution >= 0.6 is 0 Å². The molecule has 2 aromatic rings. The summed E-state index contributed by atoms with van der Waals surface area (Å²) in [7, 11) is 4.74. The van der Waals surface area contributed by atoms with E-state index in [9.17, 15) is 14.4 Å². The molecule has 2 aliphatic rings. The Morgan fingerprint density at radius 3 is 2.38 bits per heavy atom. The maximum absolute atomic E-state index is 13.4. The number of likely N-dealkylation sites (N-methyl/N-ethyl adjacent to an activating group) is 1. The smallest absolute Gasteiger partial charge is 0.338 e. The second-order valence-electron chi connectivity index (χ2n) is 9.92. The van der Waals surface area contributed by atoms with Gasteiger partial charge in [0, 0.05) is 51.0 Å². The van der Waals surface area contributed by atoms with Gasteiger partial charge in [-0.05, 0) is 50.1 Å². The maximum atomic E-state index is 13.4. The molecule has 0 aromatic heterocycles. The molecule has 1 N–H and O–H groups in total. The lowest BCUT2D eigenvalue weighted by atomic mass is 9.94. The Kier molecular flexibility index (Phi) is 9.31. The number of amides is 3. The molecule has 0 spiro atoms. The largest absolute Gasteiger partial charge is 0.493 e. The highest BCUT2D eigenvalue weighted by atomic mass is 16.5. The standard InChI is InChI=1S/C30H38N4O6/c1-6-40-29(36)26-23(32(3)30(37)31-27(26)22-12-13-24(38-4)25(18-22)39-5)19-33-14-7-15-34(17-16-33)28(35)21-10-8-20(2)9-11-21/h8-13,18,27H,6-7,14-17,19H2,1-5H3,(H,31,37). The third-order valence-electron chi connectivity index (χ3n) is 7.36. The first-order valence-electron chi connectivity index (χ1n) is 13.5. The van der Waals surface area contributed by atoms with Crippen molar-refractivity contribution in [3.63, 3.8) is 0 Å². The predicted octanol–water partition coefficient (Wildman–Crippen LogP) is 3.37. The van der Waals surface area contributed by atoms with Crippen molar-refractivity contribution < 1.29 is 28.6 Å². The van der Waals surface area contributed by atoms with Crippen LogP contribution in [0.5, 0.6) is 11.5 Å². The number of nitrogens with one attached hydrogen (secondary N) is 1. The Balaban J connectivity index is 1.62. The van der Waals surface area contributed by atoms with Gasteiger partial charge in [-0.3, -0.25) is 14.6 Å². The number of nitrogens with zero attached hydrogens (tertiary/aromatic N) is 3. The molecule has 10 heteroatoms. The molecule has 1 saturated heterocycles. The van der Waals surface area contributed by atoms with Crippen molar-refractivity contribution in [2.24, 2.45) is 0 Å². The number of rotatable bonds is 8. The third kappa shape index (κ3) is 6.22. The van der Waals surface area contributed by atoms with Gasteiger partial charge in [-0.25, -0.2) is 9.59 Å². The molecular weight excluding hydrogens is 512 g/mol. The summed E-state index contributed by atoms with van der Waals surface area (Å²) in [5.74, 6) is 0.552. The van der Waals surface area contributed by atoms with Crippen molar-refractivity contribution in [3.8, 4) is 11.5 Å². The minimum Gasteiger partial charge on any atom is -0.493 e. The van der Waals surface area contributed by atoms with E-state index in [0.717, 1.165) is 12.0 Å². The van der Waals surface area contributed by atoms with Gasteiger partial charge in [0.05, 0.1) is 32.4 Å². The van der Waals surface area contributed by atoms with Gasteiger partial charge in [0.25, 0.3) is 5.91 Å². The van der Waals surface area contributed by atoms with Gasteiger partial charge in [-0.15, -0.1) is 0 Å². The normalized spacial score (nSPS) is 18.2. The molecule has 2 aromatic carbocycles. The maximum Gasteiger partial charge on any atom is 0.338 e. The molecule has 3 amide bonds. The summed E-state index contributed by atoms with van der Waals surface area (Å²) in [5.41, 5.74) is 3.39. The minimum absolute atomic E-state index is 0.0101. The molecular formula is C30H38N4O6. The number of aryl methyl sites for hydroxylation is 1. The number of urea groups is 1. The Bertz CT molecular complexity index is 1280. The minimum atomic E-state index is -0.732. The third-order valence-corrected chi connectivity index (χ3v) is 7.36. The van der Waals surface area contributed by atoms with Gasteiger partial charge in [0.1, 0.15) is 0 Å². The summed E-state index contributed by atoms with van der Waals surface area (Å²) in [6, 6.07) is 11.9. The molecule has 40 heavy (non-hydrogen) atoms. The van der Waals surface area contributed by atoms with E-state index >= 15 is 0 Å². The quantitative estimate of drug-likeness (QED) is 0.503. The van der Waals surface area contributed by atoms with E-state index in [1.165, 1.54) is 12.0 Å². The number of hydrogen-bond donors (Lipinski definition) is 1. The second kappa shape index (κ2) is 12.9. The lowest BCUT2D eigenvalue weighted by Crippen LogP contribution is -2.49. The fraction of sp³-hybridized carbons (Fsp3) is 0.433. The van der Waals surface area contributed by atoms with E-state index < -0.39 is 12.0 Å². The van der Waals surface area contributed by atoms with Crippen molar-refractivity contribution >= 4 is 17.9 Å². The van der Waals surface area contributed by atoms with Crippen LogP contribution in [0.1, 0.15) is 40.9 Å². The van der Waals surface area contributed by atoms with Gasteiger partial charge in [0.15, 0.2) is 11.5 Å². The summed E-state index contributed by atoms with van der Waals surface area (Å²) in [5, 5.41) is 2.94. The highest BCUT2D eigenvalue weighted by molar-refractivity contribution is 5.95. The van der Waals surface area contributed by atoms with Crippen molar-refractivity contribution in [1.29, 1.82) is 0 Å². The van der Waals surface area contributed by atoms with Crippen LogP contribution in [0.3, 0.4) is 0 Å². The van der Waals surface area contributed by atoms with E-state index in [-0.39, 0.29) is 18.5 Å². The van der Waals surface area contributed by atoms with E-state index in [1.807, 2.05) is 36.1 Å². The van der Waals surface area contributed by atoms with E-state index in [0.29, 0.717) is 66.6 Å². The molecule has 1 fully saturated rings. The molecule has 0 aliphatic carbocycles. The number of carbonyl (C=O) groups is 3. The number of esters is 1. The predicted molar refractivity (Wildman–Crippen MR) is 150 cm³/mol. The molecule has 1 atom stereocenters. The van der Waals surface area contributed by atoms with Crippen LogP contribution in [0, 0.1) is 6.92 Å². The fourth-order valence-electron chi connectivity index (χ4n) is 5.10. The van der Waals surface area contributed by atoms with Crippen LogP contribution in [-0.2, 0) is 9.53 Å². The summed E-state index contributed by atoms with van der Waals surface area (Å²) >= 11 is 0. The van der Waals surface area contributed by atoms with Gasteiger partial charge < -0.3 is 24.4 Å². The van der Waals surface area contributed by atoms with Crippen LogP contribution < -0.4 is 14.8 Å². The van der Waals surface area contributed by atoms with E-state index in [2.05, 4.69) is 10.2 Å². The number of benzene rings is 2. The zero-order chi connectivity index (χ0) is 28.8. The zero-order valence-corrected chi connectivity index (χ0v) is 23.9. The molecule has 0 saturated carbocycles. The van der Waals surface area contributed by atoms with Crippen LogP contribution in [-0.4, -0.2) is 93.2 Å². The molecule has 10 nitrogen and oxygen atoms in total. The van der Waals surface area contributed by atoms with Gasteiger partial charge in [-0.1, -0.05) is 23.8 Å². The summed E-state index contributed by atoms with van der Waals surface area (Å²) < 4.78 is 16.3. The van der Waals surface area contributed by atoms with Gasteiger partial charge >= 0.3 is 12.0 Å². The Hall–Kier alpha value is -4.05. The molecule has 1 unspecified atom stereocenters. The van der Waals surface area contributed by atoms with Gasteiger partial charge in [-0.2, -0.15) is 0 Å². The van der Waals surface area contributed by atoms with E-state index in [1.54, 1.807) is 39.3 Å². The molecule has 4 rings (SSSR count). The van der Waals surface area contributed by atoms with Gasteiger partial charge in [0.2, 0.25) is 0 Å². The second-order valence-corrected chi connectivity index (χ2v) is 9.92. The van der Waals surface area contributed by atoms with Crippen molar-refractivity contribution in [2.75, 3.05) is 60.6 Å². The number of hydrogen-bond acceptors (Lipinski definition) is 7. The summed E-state index contributed by atoms with van der Waals surface area (Å²) in [6.45, 7) is 6.81. The van der Waals surface area contributed by atoms with E-state index in [4.69, 9.17) is 14.2 Å². The lowest BCUT2D eigenvalue weighted by molar-refractivity contribution is -0.139. The van der Waals surface area contributed by atoms with Crippen LogP contribution in [0.4, 0.5) is 4.79 Å². The van der Waals surface area contributed by atoms with Crippen LogP contribution in [0.25, 0.3) is 0 Å². The Labute approximate surface area is 235 Å². The van der Waals surface area contributed by atoms with Crippen molar-refractivity contribution in [2.45, 2.75) is 26.3 Å². The summed E-state index contributed by atoms with van der Waals surface area (Å²) in [4.78, 5) is 45.1. The first-order valence-corrected chi connectivity index (χ1v) is 13.5. The lowest BCUT2D eigenvalue weighted by Gasteiger charge is -2.36. The van der Waals surface area contributed by atoms with Crippen LogP contribution in [0.2, 0.25) is 0 Å². The fourth-order valence-corrected chi connectivity index (χ4v) is 5.10. The zero-order valence-electron chi connectivity index (χ0n) is 23.9. The molecule has 0 radical (unpaired) electrons. The van der Waals surface area contributed by atoms with Crippen LogP contribution in [0.15, 0.2) is 53.7 Å². The first kappa shape index (κ1) is 28.9. The monoisotopic (exact) mass is 550 g/mol. The first-order chi connectivity index (χ1) is 19.3. The highest BCUT2D eigenvalue weighted by Crippen LogP contribution is 2.36. The number of methoxy groups -OCH3 is 2. The SMILES string of the molecule is CCOC(=O)C1=C(CN2CCCN(C(=O)c3ccc(C)cc3)CC2)N(C)C(=O)NC1c1ccc(OC)c(OC)c1. The number of carbonyl (C=O) groups excluding carboxylic acids is 3. The number of ether oxygens (including phenoxy) is 3. The summed E-state index contributed by atoms with van der Waals surface area (Å²) in [6.07, 6.45) is 0.772. The molecule has 214 valence electrons.